The first-order valence-electron chi connectivity index (χ1n) is 7.19. The van der Waals surface area contributed by atoms with Crippen LogP contribution < -0.4 is 10.7 Å². The fraction of sp³-hybridized carbons (Fsp3) is 0.118. The summed E-state index contributed by atoms with van der Waals surface area (Å²) in [4.78, 5) is 23.4. The van der Waals surface area contributed by atoms with Crippen LogP contribution in [0.4, 0.5) is 5.69 Å². The molecule has 2 amide bonds. The molecule has 0 saturated heterocycles. The van der Waals surface area contributed by atoms with E-state index >= 15 is 0 Å². The maximum atomic E-state index is 11.8. The van der Waals surface area contributed by atoms with Gasteiger partial charge in [0.2, 0.25) is 11.8 Å². The summed E-state index contributed by atoms with van der Waals surface area (Å²) in [5, 5.41) is 15.7. The number of hydrogen-bond acceptors (Lipinski definition) is 4. The Bertz CT molecular complexity index is 728. The molecule has 0 atom stereocenters. The lowest BCUT2D eigenvalue weighted by molar-refractivity contribution is -0.124. The van der Waals surface area contributed by atoms with E-state index in [-0.39, 0.29) is 30.4 Å². The van der Waals surface area contributed by atoms with E-state index in [1.807, 2.05) is 12.1 Å². The molecule has 0 aliphatic carbocycles. The van der Waals surface area contributed by atoms with Gasteiger partial charge in [0, 0.05) is 23.0 Å². The van der Waals surface area contributed by atoms with Gasteiger partial charge in [-0.2, -0.15) is 5.10 Å². The van der Waals surface area contributed by atoms with Gasteiger partial charge in [-0.3, -0.25) is 9.59 Å². The quantitative estimate of drug-likeness (QED) is 0.523. The van der Waals surface area contributed by atoms with Crippen molar-refractivity contribution in [3.8, 4) is 5.75 Å². The van der Waals surface area contributed by atoms with Crippen molar-refractivity contribution >= 4 is 39.6 Å². The highest BCUT2D eigenvalue weighted by molar-refractivity contribution is 9.10. The SMILES string of the molecule is O=C(CCC(=O)Nc1ccc(Br)cc1)N/N=C\c1ccc(O)cc1. The van der Waals surface area contributed by atoms with Gasteiger partial charge in [0.15, 0.2) is 0 Å². The second-order valence-electron chi connectivity index (χ2n) is 4.94. The number of amides is 2. The Morgan fingerprint density at radius 2 is 1.62 bits per heavy atom. The van der Waals surface area contributed by atoms with Crippen LogP contribution in [-0.4, -0.2) is 23.1 Å². The number of nitrogens with one attached hydrogen (secondary N) is 2. The highest BCUT2D eigenvalue weighted by atomic mass is 79.9. The number of phenolic OH excluding ortho intramolecular Hbond substituents is 1. The summed E-state index contributed by atoms with van der Waals surface area (Å²) in [5.41, 5.74) is 3.77. The van der Waals surface area contributed by atoms with E-state index in [0.717, 1.165) is 10.0 Å². The summed E-state index contributed by atoms with van der Waals surface area (Å²) in [6.07, 6.45) is 1.56. The number of hydrogen-bond donors (Lipinski definition) is 3. The van der Waals surface area contributed by atoms with Crippen LogP contribution >= 0.6 is 15.9 Å². The number of halogens is 1. The first kappa shape index (κ1) is 17.7. The Morgan fingerprint density at radius 1 is 1.00 bits per heavy atom. The molecular formula is C17H16BrN3O3. The van der Waals surface area contributed by atoms with Crippen molar-refractivity contribution in [3.63, 3.8) is 0 Å². The molecule has 2 aromatic carbocycles. The van der Waals surface area contributed by atoms with Crippen LogP contribution in [0.5, 0.6) is 5.75 Å². The van der Waals surface area contributed by atoms with Gasteiger partial charge >= 0.3 is 0 Å². The highest BCUT2D eigenvalue weighted by Crippen LogP contribution is 2.14. The first-order valence-corrected chi connectivity index (χ1v) is 7.98. The van der Waals surface area contributed by atoms with Crippen LogP contribution in [-0.2, 0) is 9.59 Å². The van der Waals surface area contributed by atoms with E-state index in [2.05, 4.69) is 31.8 Å². The van der Waals surface area contributed by atoms with Gasteiger partial charge < -0.3 is 10.4 Å². The Morgan fingerprint density at radius 3 is 2.29 bits per heavy atom. The van der Waals surface area contributed by atoms with Gasteiger partial charge in [0.25, 0.3) is 0 Å². The Kier molecular flexibility index (Phi) is 6.51. The van der Waals surface area contributed by atoms with Crippen LogP contribution in [0.3, 0.4) is 0 Å². The van der Waals surface area contributed by atoms with Gasteiger partial charge in [0.1, 0.15) is 5.75 Å². The smallest absolute Gasteiger partial charge is 0.240 e. The van der Waals surface area contributed by atoms with Crippen molar-refractivity contribution in [1.82, 2.24) is 5.43 Å². The molecule has 0 unspecified atom stereocenters. The van der Waals surface area contributed by atoms with Crippen LogP contribution in [0.25, 0.3) is 0 Å². The number of nitrogens with zero attached hydrogens (tertiary/aromatic N) is 1. The third-order valence-corrected chi connectivity index (χ3v) is 3.53. The lowest BCUT2D eigenvalue weighted by Crippen LogP contribution is -2.20. The van der Waals surface area contributed by atoms with Gasteiger partial charge in [0.05, 0.1) is 6.21 Å². The molecule has 0 spiro atoms. The monoisotopic (exact) mass is 389 g/mol. The number of rotatable bonds is 6. The zero-order valence-corrected chi connectivity index (χ0v) is 14.3. The normalized spacial score (nSPS) is 10.5. The van der Waals surface area contributed by atoms with Crippen LogP contribution in [0.15, 0.2) is 58.1 Å². The molecule has 0 bridgehead atoms. The largest absolute Gasteiger partial charge is 0.508 e. The lowest BCUT2D eigenvalue weighted by Gasteiger charge is -2.04. The number of hydrazone groups is 1. The molecule has 0 fully saturated rings. The molecule has 0 radical (unpaired) electrons. The number of aromatic hydroxyl groups is 1. The van der Waals surface area contributed by atoms with Gasteiger partial charge in [-0.1, -0.05) is 15.9 Å². The van der Waals surface area contributed by atoms with Crippen molar-refractivity contribution in [2.75, 3.05) is 5.32 Å². The maximum absolute atomic E-state index is 11.8. The van der Waals surface area contributed by atoms with Gasteiger partial charge in [-0.15, -0.1) is 0 Å². The van der Waals surface area contributed by atoms with E-state index in [4.69, 9.17) is 5.11 Å². The fourth-order valence-corrected chi connectivity index (χ4v) is 2.04. The van der Waals surface area contributed by atoms with Gasteiger partial charge in [-0.05, 0) is 54.1 Å². The van der Waals surface area contributed by atoms with Gasteiger partial charge in [-0.25, -0.2) is 5.43 Å². The van der Waals surface area contributed by atoms with Crippen molar-refractivity contribution in [2.24, 2.45) is 5.10 Å². The molecule has 124 valence electrons. The lowest BCUT2D eigenvalue weighted by atomic mass is 10.2. The fourth-order valence-electron chi connectivity index (χ4n) is 1.78. The number of benzene rings is 2. The highest BCUT2D eigenvalue weighted by Gasteiger charge is 2.06. The topological polar surface area (TPSA) is 90.8 Å². The van der Waals surface area contributed by atoms with Crippen LogP contribution in [0.2, 0.25) is 0 Å². The molecule has 0 aromatic heterocycles. The van der Waals surface area contributed by atoms with Crippen molar-refractivity contribution in [3.05, 3.63) is 58.6 Å². The molecule has 3 N–H and O–H groups in total. The van der Waals surface area contributed by atoms with E-state index < -0.39 is 0 Å². The second-order valence-corrected chi connectivity index (χ2v) is 5.86. The Balaban J connectivity index is 1.71. The second kappa shape index (κ2) is 8.83. The molecule has 6 nitrogen and oxygen atoms in total. The molecule has 24 heavy (non-hydrogen) atoms. The molecule has 0 aliphatic rings. The number of anilines is 1. The van der Waals surface area contributed by atoms with Crippen molar-refractivity contribution in [2.45, 2.75) is 12.8 Å². The average molecular weight is 390 g/mol. The van der Waals surface area contributed by atoms with E-state index in [1.54, 1.807) is 24.3 Å². The summed E-state index contributed by atoms with van der Waals surface area (Å²) in [5.74, 6) is -0.432. The average Bonchev–Trinajstić information content (AvgIpc) is 2.57. The number of carbonyl (C=O) groups is 2. The minimum absolute atomic E-state index is 0.0370. The Hall–Kier alpha value is -2.67. The molecule has 0 aliphatic heterocycles. The van der Waals surface area contributed by atoms with E-state index in [0.29, 0.717) is 5.69 Å². The standard InChI is InChI=1S/C17H16BrN3O3/c18-13-3-5-14(6-4-13)20-16(23)9-10-17(24)21-19-11-12-1-7-15(22)8-2-12/h1-8,11,22H,9-10H2,(H,20,23)(H,21,24)/b19-11-. The van der Waals surface area contributed by atoms with E-state index in [9.17, 15) is 9.59 Å². The zero-order valence-electron chi connectivity index (χ0n) is 12.7. The zero-order chi connectivity index (χ0) is 17.4. The van der Waals surface area contributed by atoms with Crippen molar-refractivity contribution < 1.29 is 14.7 Å². The summed E-state index contributed by atoms with van der Waals surface area (Å²) in [7, 11) is 0. The third kappa shape index (κ3) is 6.21. The number of carbonyl (C=O) groups excluding carboxylic acids is 2. The minimum atomic E-state index is -0.351. The summed E-state index contributed by atoms with van der Waals surface area (Å²) in [6, 6.07) is 13.5. The summed E-state index contributed by atoms with van der Waals surface area (Å²) < 4.78 is 0.923. The molecule has 0 saturated carbocycles. The molecular weight excluding hydrogens is 374 g/mol. The Labute approximate surface area is 147 Å². The maximum Gasteiger partial charge on any atom is 0.240 e. The summed E-state index contributed by atoms with van der Waals surface area (Å²) in [6.45, 7) is 0. The van der Waals surface area contributed by atoms with Crippen LogP contribution in [0.1, 0.15) is 18.4 Å². The molecule has 2 aromatic rings. The molecule has 0 heterocycles. The minimum Gasteiger partial charge on any atom is -0.508 e. The van der Waals surface area contributed by atoms with E-state index in [1.165, 1.54) is 18.3 Å². The van der Waals surface area contributed by atoms with Crippen molar-refractivity contribution in [1.29, 1.82) is 0 Å². The summed E-state index contributed by atoms with van der Waals surface area (Å²) >= 11 is 3.31. The van der Waals surface area contributed by atoms with Crippen LogP contribution in [0, 0.1) is 0 Å². The predicted molar refractivity (Wildman–Crippen MR) is 95.8 cm³/mol. The number of phenols is 1. The molecule has 2 rings (SSSR count). The third-order valence-electron chi connectivity index (χ3n) is 3.00. The molecule has 7 heteroatoms. The predicted octanol–water partition coefficient (Wildman–Crippen LogP) is 3.02. The first-order chi connectivity index (χ1) is 11.5.